The van der Waals surface area contributed by atoms with Gasteiger partial charge in [-0.3, -0.25) is 4.79 Å². The van der Waals surface area contributed by atoms with Crippen LogP contribution >= 0.6 is 15.9 Å². The van der Waals surface area contributed by atoms with Crippen LogP contribution in [-0.4, -0.2) is 53.4 Å². The van der Waals surface area contributed by atoms with Crippen molar-refractivity contribution < 1.29 is 24.6 Å². The SMILES string of the molecule is O=C1Nc2cc(C[C@H](Br)OCCOCCO)ccc2/C1=C1/Nc2ccccc2/C1=N\O. The van der Waals surface area contributed by atoms with E-state index in [-0.39, 0.29) is 17.5 Å². The maximum atomic E-state index is 12.8. The van der Waals surface area contributed by atoms with Crippen LogP contribution in [0.25, 0.3) is 5.57 Å². The second-order valence-corrected chi connectivity index (χ2v) is 8.05. The molecule has 8 nitrogen and oxygen atoms in total. The molecule has 1 atom stereocenters. The number of oxime groups is 1. The molecule has 0 fully saturated rings. The fourth-order valence-electron chi connectivity index (χ4n) is 3.65. The first-order valence-electron chi connectivity index (χ1n) is 9.84. The van der Waals surface area contributed by atoms with Gasteiger partial charge < -0.3 is 30.4 Å². The van der Waals surface area contributed by atoms with Gasteiger partial charge in [0, 0.05) is 28.9 Å². The van der Waals surface area contributed by atoms with Gasteiger partial charge in [-0.05, 0) is 17.7 Å². The molecule has 2 heterocycles. The number of nitrogens with one attached hydrogen (secondary N) is 2. The van der Waals surface area contributed by atoms with E-state index in [4.69, 9.17) is 14.6 Å². The van der Waals surface area contributed by atoms with E-state index in [2.05, 4.69) is 31.7 Å². The van der Waals surface area contributed by atoms with Crippen molar-refractivity contribution >= 4 is 44.5 Å². The van der Waals surface area contributed by atoms with Crippen LogP contribution in [0, 0.1) is 0 Å². The number of aliphatic hydroxyl groups is 1. The second kappa shape index (κ2) is 9.61. The summed E-state index contributed by atoms with van der Waals surface area (Å²) in [5.74, 6) is -0.253. The largest absolute Gasteiger partial charge is 0.410 e. The molecule has 2 aromatic rings. The maximum absolute atomic E-state index is 12.8. The minimum Gasteiger partial charge on any atom is -0.410 e. The lowest BCUT2D eigenvalue weighted by Crippen LogP contribution is -2.14. The standard InChI is InChI=1S/C22H22BrN3O5/c23-18(31-10-9-30-8-7-27)12-13-5-6-14-17(11-13)25-22(28)19(14)21-20(26-29)15-3-1-2-4-16(15)24-21/h1-6,11,18,24,27,29H,7-10,12H2,(H,25,28)/b21-19-,26-20+/t18-/m1/s1. The van der Waals surface area contributed by atoms with Crippen LogP contribution in [0.1, 0.15) is 16.7 Å². The van der Waals surface area contributed by atoms with E-state index in [0.717, 1.165) is 22.4 Å². The highest BCUT2D eigenvalue weighted by Crippen LogP contribution is 2.39. The van der Waals surface area contributed by atoms with Crippen LogP contribution in [0.4, 0.5) is 11.4 Å². The molecule has 0 radical (unpaired) electrons. The average Bonchev–Trinajstić information content (AvgIpc) is 3.29. The Labute approximate surface area is 187 Å². The lowest BCUT2D eigenvalue weighted by molar-refractivity contribution is -0.110. The zero-order chi connectivity index (χ0) is 21.8. The van der Waals surface area contributed by atoms with Gasteiger partial charge in [-0.25, -0.2) is 0 Å². The van der Waals surface area contributed by atoms with Gasteiger partial charge >= 0.3 is 0 Å². The molecule has 162 valence electrons. The van der Waals surface area contributed by atoms with Crippen LogP contribution in [0.5, 0.6) is 0 Å². The number of fused-ring (bicyclic) bond motifs is 2. The summed E-state index contributed by atoms with van der Waals surface area (Å²) < 4.78 is 10.8. The van der Waals surface area contributed by atoms with Crippen LogP contribution in [0.2, 0.25) is 0 Å². The number of halogens is 1. The van der Waals surface area contributed by atoms with Gasteiger partial charge in [-0.2, -0.15) is 0 Å². The fourth-order valence-corrected chi connectivity index (χ4v) is 4.21. The van der Waals surface area contributed by atoms with Gasteiger partial charge in [-0.1, -0.05) is 51.4 Å². The molecule has 31 heavy (non-hydrogen) atoms. The smallest absolute Gasteiger partial charge is 0.258 e. The lowest BCUT2D eigenvalue weighted by Gasteiger charge is -2.12. The molecule has 0 bridgehead atoms. The van der Waals surface area contributed by atoms with E-state index >= 15 is 0 Å². The average molecular weight is 488 g/mol. The van der Waals surface area contributed by atoms with E-state index < -0.39 is 0 Å². The number of amides is 1. The summed E-state index contributed by atoms with van der Waals surface area (Å²) in [7, 11) is 0. The molecule has 1 amide bonds. The van der Waals surface area contributed by atoms with Crippen LogP contribution in [-0.2, 0) is 20.7 Å². The molecule has 0 saturated carbocycles. The molecule has 9 heteroatoms. The Bertz CT molecular complexity index is 1050. The minimum absolute atomic E-state index is 0.00992. The number of benzene rings is 2. The number of rotatable bonds is 8. The third-order valence-corrected chi connectivity index (χ3v) is 5.60. The van der Waals surface area contributed by atoms with Crippen LogP contribution in [0.15, 0.2) is 53.3 Å². The van der Waals surface area contributed by atoms with Gasteiger partial charge in [0.2, 0.25) is 0 Å². The topological polar surface area (TPSA) is 112 Å². The van der Waals surface area contributed by atoms with E-state index in [1.807, 2.05) is 42.5 Å². The van der Waals surface area contributed by atoms with Gasteiger partial charge in [0.15, 0.2) is 0 Å². The predicted molar refractivity (Wildman–Crippen MR) is 121 cm³/mol. The third kappa shape index (κ3) is 4.49. The number of anilines is 2. The summed E-state index contributed by atoms with van der Waals surface area (Å²) >= 11 is 3.50. The minimum atomic E-state index is -0.253. The van der Waals surface area contributed by atoms with Gasteiger partial charge in [0.05, 0.1) is 37.7 Å². The number of aliphatic hydroxyl groups excluding tert-OH is 1. The summed E-state index contributed by atoms with van der Waals surface area (Å²) in [6.07, 6.45) is 0.599. The van der Waals surface area contributed by atoms with Crippen molar-refractivity contribution in [3.05, 3.63) is 64.9 Å². The maximum Gasteiger partial charge on any atom is 0.258 e. The van der Waals surface area contributed by atoms with Gasteiger partial charge in [-0.15, -0.1) is 0 Å². The summed E-state index contributed by atoms with van der Waals surface area (Å²) in [5.41, 5.74) is 5.24. The first-order valence-corrected chi connectivity index (χ1v) is 10.8. The highest BCUT2D eigenvalue weighted by atomic mass is 79.9. The molecular formula is C22H22BrN3O5. The summed E-state index contributed by atoms with van der Waals surface area (Å²) in [4.78, 5) is 12.8. The van der Waals surface area contributed by atoms with Crippen molar-refractivity contribution in [2.75, 3.05) is 37.1 Å². The lowest BCUT2D eigenvalue weighted by atomic mass is 9.99. The first kappa shape index (κ1) is 21.5. The molecular weight excluding hydrogens is 466 g/mol. The summed E-state index contributed by atoms with van der Waals surface area (Å²) in [5, 5.41) is 27.6. The van der Waals surface area contributed by atoms with Crippen molar-refractivity contribution in [3.63, 3.8) is 0 Å². The number of allylic oxidation sites excluding steroid dienone is 1. The Balaban J connectivity index is 1.52. The molecule has 0 aromatic heterocycles. The zero-order valence-corrected chi connectivity index (χ0v) is 18.2. The highest BCUT2D eigenvalue weighted by molar-refractivity contribution is 9.09. The Morgan fingerprint density at radius 2 is 1.87 bits per heavy atom. The number of carbonyl (C=O) groups excluding carboxylic acids is 1. The van der Waals surface area contributed by atoms with E-state index in [1.54, 1.807) is 0 Å². The number of hydrogen-bond donors (Lipinski definition) is 4. The number of hydrogen-bond acceptors (Lipinski definition) is 7. The zero-order valence-electron chi connectivity index (χ0n) is 16.6. The van der Waals surface area contributed by atoms with Crippen molar-refractivity contribution in [2.24, 2.45) is 5.16 Å². The van der Waals surface area contributed by atoms with Gasteiger partial charge in [0.25, 0.3) is 5.91 Å². The number of para-hydroxylation sites is 1. The Morgan fingerprint density at radius 3 is 2.68 bits per heavy atom. The van der Waals surface area contributed by atoms with Crippen molar-refractivity contribution in [1.29, 1.82) is 0 Å². The molecule has 0 spiro atoms. The number of ether oxygens (including phenoxy) is 2. The van der Waals surface area contributed by atoms with Crippen molar-refractivity contribution in [2.45, 2.75) is 11.4 Å². The number of alkyl halides is 1. The Hall–Kier alpha value is -2.72. The molecule has 0 unspecified atom stereocenters. The first-order chi connectivity index (χ1) is 15.1. The van der Waals surface area contributed by atoms with E-state index in [0.29, 0.717) is 48.9 Å². The second-order valence-electron chi connectivity index (χ2n) is 7.02. The van der Waals surface area contributed by atoms with Crippen LogP contribution in [0.3, 0.4) is 0 Å². The predicted octanol–water partition coefficient (Wildman–Crippen LogP) is 2.94. The Morgan fingerprint density at radius 1 is 1.03 bits per heavy atom. The molecule has 0 saturated heterocycles. The fraction of sp³-hybridized carbons (Fsp3) is 0.273. The third-order valence-electron chi connectivity index (χ3n) is 5.02. The monoisotopic (exact) mass is 487 g/mol. The molecule has 4 N–H and O–H groups in total. The van der Waals surface area contributed by atoms with Crippen molar-refractivity contribution in [1.82, 2.24) is 0 Å². The highest BCUT2D eigenvalue weighted by Gasteiger charge is 2.34. The summed E-state index contributed by atoms with van der Waals surface area (Å²) in [6, 6.07) is 13.2. The quantitative estimate of drug-likeness (QED) is 0.150. The molecule has 2 aromatic carbocycles. The molecule has 2 aliphatic rings. The van der Waals surface area contributed by atoms with E-state index in [1.165, 1.54) is 0 Å². The van der Waals surface area contributed by atoms with Gasteiger partial charge in [0.1, 0.15) is 10.7 Å². The number of nitrogens with zero attached hydrogens (tertiary/aromatic N) is 1. The summed E-state index contributed by atoms with van der Waals surface area (Å²) in [6.45, 7) is 1.10. The number of carbonyl (C=O) groups is 1. The molecule has 2 aliphatic heterocycles. The normalized spacial score (nSPS) is 19.2. The molecule has 4 rings (SSSR count). The van der Waals surface area contributed by atoms with Crippen LogP contribution < -0.4 is 10.6 Å². The van der Waals surface area contributed by atoms with E-state index in [9.17, 15) is 10.0 Å². The van der Waals surface area contributed by atoms with Crippen molar-refractivity contribution in [3.8, 4) is 0 Å². The Kier molecular flexibility index (Phi) is 6.67. The molecule has 0 aliphatic carbocycles.